The number of amides is 2. The lowest BCUT2D eigenvalue weighted by Crippen LogP contribution is -2.43. The Morgan fingerprint density at radius 1 is 1.38 bits per heavy atom. The van der Waals surface area contributed by atoms with Gasteiger partial charge in [0.15, 0.2) is 0 Å². The van der Waals surface area contributed by atoms with Crippen LogP contribution in [0.1, 0.15) is 33.6 Å². The third kappa shape index (κ3) is 0.955. The smallest absolute Gasteiger partial charge is 0.417 e. The van der Waals surface area contributed by atoms with Crippen LogP contribution >= 0.6 is 0 Å². The summed E-state index contributed by atoms with van der Waals surface area (Å²) in [5.74, 6) is 0.662. The Hall–Kier alpha value is -1.06. The monoisotopic (exact) mass is 223 g/mol. The van der Waals surface area contributed by atoms with Gasteiger partial charge in [0.1, 0.15) is 6.10 Å². The van der Waals surface area contributed by atoms with Gasteiger partial charge in [0.2, 0.25) is 5.91 Å². The van der Waals surface area contributed by atoms with E-state index in [0.717, 1.165) is 12.8 Å². The molecule has 2 bridgehead atoms. The van der Waals surface area contributed by atoms with E-state index in [1.54, 1.807) is 0 Å². The zero-order valence-corrected chi connectivity index (χ0v) is 9.90. The van der Waals surface area contributed by atoms with Crippen molar-refractivity contribution in [3.63, 3.8) is 0 Å². The van der Waals surface area contributed by atoms with Crippen LogP contribution in [-0.2, 0) is 9.53 Å². The number of carbonyl (C=O) groups excluding carboxylic acids is 2. The van der Waals surface area contributed by atoms with E-state index < -0.39 is 6.09 Å². The van der Waals surface area contributed by atoms with Crippen LogP contribution in [0, 0.1) is 17.3 Å². The van der Waals surface area contributed by atoms with E-state index in [1.165, 1.54) is 11.8 Å². The Morgan fingerprint density at radius 3 is 2.62 bits per heavy atom. The molecule has 0 aromatic rings. The molecule has 88 valence electrons. The van der Waals surface area contributed by atoms with Crippen LogP contribution in [0.25, 0.3) is 0 Å². The normalized spacial score (nSPS) is 43.4. The molecule has 0 aromatic heterocycles. The molecule has 0 aromatic carbocycles. The molecule has 2 aliphatic carbocycles. The number of hydrogen-bond donors (Lipinski definition) is 0. The fraction of sp³-hybridized carbons (Fsp3) is 0.833. The first-order valence-electron chi connectivity index (χ1n) is 5.95. The van der Waals surface area contributed by atoms with Crippen molar-refractivity contribution in [1.29, 1.82) is 0 Å². The van der Waals surface area contributed by atoms with Gasteiger partial charge in [-0.25, -0.2) is 9.69 Å². The van der Waals surface area contributed by atoms with Crippen LogP contribution in [0.5, 0.6) is 0 Å². The van der Waals surface area contributed by atoms with Gasteiger partial charge in [-0.1, -0.05) is 13.8 Å². The minimum Gasteiger partial charge on any atom is -0.443 e. The highest BCUT2D eigenvalue weighted by Gasteiger charge is 2.66. The van der Waals surface area contributed by atoms with Crippen LogP contribution in [0.3, 0.4) is 0 Å². The van der Waals surface area contributed by atoms with Crippen molar-refractivity contribution in [3.05, 3.63) is 0 Å². The molecule has 0 N–H and O–H groups in total. The quantitative estimate of drug-likeness (QED) is 0.629. The molecule has 1 heterocycles. The van der Waals surface area contributed by atoms with Crippen molar-refractivity contribution >= 4 is 12.0 Å². The highest BCUT2D eigenvalue weighted by molar-refractivity contribution is 5.92. The molecule has 3 aliphatic rings. The van der Waals surface area contributed by atoms with Gasteiger partial charge in [0.25, 0.3) is 0 Å². The lowest BCUT2D eigenvalue weighted by molar-refractivity contribution is -0.127. The van der Waals surface area contributed by atoms with Crippen molar-refractivity contribution in [1.82, 2.24) is 4.90 Å². The number of fused-ring (bicyclic) bond motifs is 5. The largest absolute Gasteiger partial charge is 0.443 e. The van der Waals surface area contributed by atoms with E-state index >= 15 is 0 Å². The molecule has 4 unspecified atom stereocenters. The molecular formula is C12H17NO3. The van der Waals surface area contributed by atoms with E-state index in [4.69, 9.17) is 4.74 Å². The highest BCUT2D eigenvalue weighted by Crippen LogP contribution is 2.61. The lowest BCUT2D eigenvalue weighted by atomic mass is 9.81. The standard InChI is InChI=1S/C12H17NO3/c1-6(14)13-9-7-4-5-8(12(7,2)3)10(9)16-11(13)15/h7-10H,4-5H2,1-3H3. The zero-order valence-electron chi connectivity index (χ0n) is 9.90. The second kappa shape index (κ2) is 2.79. The number of imide groups is 1. The van der Waals surface area contributed by atoms with Gasteiger partial charge in [0.05, 0.1) is 6.04 Å². The molecule has 4 heteroatoms. The fourth-order valence-electron chi connectivity index (χ4n) is 4.16. The number of nitrogens with zero attached hydrogens (tertiary/aromatic N) is 1. The topological polar surface area (TPSA) is 46.6 Å². The molecule has 3 rings (SSSR count). The summed E-state index contributed by atoms with van der Waals surface area (Å²) >= 11 is 0. The average molecular weight is 223 g/mol. The van der Waals surface area contributed by atoms with Gasteiger partial charge in [-0.15, -0.1) is 0 Å². The van der Waals surface area contributed by atoms with Crippen molar-refractivity contribution in [3.8, 4) is 0 Å². The molecule has 2 amide bonds. The number of rotatable bonds is 0. The maximum absolute atomic E-state index is 11.6. The average Bonchev–Trinajstić information content (AvgIpc) is 2.70. The molecule has 0 spiro atoms. The molecule has 0 radical (unpaired) electrons. The second-order valence-corrected chi connectivity index (χ2v) is 5.84. The Kier molecular flexibility index (Phi) is 1.76. The predicted octanol–water partition coefficient (Wildman–Crippen LogP) is 1.79. The summed E-state index contributed by atoms with van der Waals surface area (Å²) in [6.45, 7) is 5.92. The van der Waals surface area contributed by atoms with E-state index in [0.29, 0.717) is 11.8 Å². The molecule has 4 nitrogen and oxygen atoms in total. The first-order chi connectivity index (χ1) is 7.44. The summed E-state index contributed by atoms with van der Waals surface area (Å²) < 4.78 is 5.39. The van der Waals surface area contributed by atoms with E-state index in [1.807, 2.05) is 0 Å². The molecule has 1 saturated heterocycles. The third-order valence-electron chi connectivity index (χ3n) is 4.92. The van der Waals surface area contributed by atoms with Crippen LogP contribution < -0.4 is 0 Å². The first kappa shape index (κ1) is 10.1. The summed E-state index contributed by atoms with van der Waals surface area (Å²) in [6, 6.07) is -0.00116. The second-order valence-electron chi connectivity index (χ2n) is 5.84. The number of ether oxygens (including phenoxy) is 1. The van der Waals surface area contributed by atoms with Gasteiger partial charge < -0.3 is 4.74 Å². The van der Waals surface area contributed by atoms with Gasteiger partial charge in [-0.05, 0) is 24.2 Å². The lowest BCUT2D eigenvalue weighted by Gasteiger charge is -2.28. The summed E-state index contributed by atoms with van der Waals surface area (Å²) in [5, 5.41) is 0. The number of carbonyl (C=O) groups is 2. The molecule has 16 heavy (non-hydrogen) atoms. The van der Waals surface area contributed by atoms with Crippen LogP contribution in [0.15, 0.2) is 0 Å². The molecule has 2 saturated carbocycles. The maximum atomic E-state index is 11.6. The van der Waals surface area contributed by atoms with E-state index in [9.17, 15) is 9.59 Å². The van der Waals surface area contributed by atoms with Gasteiger partial charge in [-0.2, -0.15) is 0 Å². The summed E-state index contributed by atoms with van der Waals surface area (Å²) in [7, 11) is 0. The summed E-state index contributed by atoms with van der Waals surface area (Å²) in [5.41, 5.74) is 0.198. The fourth-order valence-corrected chi connectivity index (χ4v) is 4.16. The molecule has 4 atom stereocenters. The Labute approximate surface area is 94.9 Å². The van der Waals surface area contributed by atoms with Gasteiger partial charge >= 0.3 is 6.09 Å². The molecular weight excluding hydrogens is 206 g/mol. The van der Waals surface area contributed by atoms with Crippen molar-refractivity contribution in [2.45, 2.75) is 45.8 Å². The molecule has 1 aliphatic heterocycles. The van der Waals surface area contributed by atoms with Crippen LogP contribution in [0.2, 0.25) is 0 Å². The minimum atomic E-state index is -0.435. The van der Waals surface area contributed by atoms with Crippen LogP contribution in [0.4, 0.5) is 4.79 Å². The molecule has 3 fully saturated rings. The SMILES string of the molecule is CC(=O)N1C(=O)OC2C1C1CCC2C1(C)C. The Bertz CT molecular complexity index is 376. The Morgan fingerprint density at radius 2 is 2.00 bits per heavy atom. The maximum Gasteiger partial charge on any atom is 0.417 e. The third-order valence-corrected chi connectivity index (χ3v) is 4.92. The highest BCUT2D eigenvalue weighted by atomic mass is 16.6. The van der Waals surface area contributed by atoms with Crippen molar-refractivity contribution < 1.29 is 14.3 Å². The Balaban J connectivity index is 2.00. The first-order valence-corrected chi connectivity index (χ1v) is 5.95. The van der Waals surface area contributed by atoms with Gasteiger partial charge in [0, 0.05) is 12.8 Å². The summed E-state index contributed by atoms with van der Waals surface area (Å²) in [4.78, 5) is 24.5. The van der Waals surface area contributed by atoms with Crippen LogP contribution in [-0.4, -0.2) is 29.0 Å². The summed E-state index contributed by atoms with van der Waals surface area (Å²) in [6.07, 6.45) is 1.75. The van der Waals surface area contributed by atoms with Crippen molar-refractivity contribution in [2.75, 3.05) is 0 Å². The van der Waals surface area contributed by atoms with E-state index in [-0.39, 0.29) is 23.5 Å². The zero-order chi connectivity index (χ0) is 11.7. The van der Waals surface area contributed by atoms with E-state index in [2.05, 4.69) is 13.8 Å². The van der Waals surface area contributed by atoms with Crippen molar-refractivity contribution in [2.24, 2.45) is 17.3 Å². The predicted molar refractivity (Wildman–Crippen MR) is 56.6 cm³/mol. The minimum absolute atomic E-state index is 0.00116. The van der Waals surface area contributed by atoms with Gasteiger partial charge in [-0.3, -0.25) is 4.79 Å². The number of hydrogen-bond acceptors (Lipinski definition) is 3.